The Bertz CT molecular complexity index is 790. The van der Waals surface area contributed by atoms with Crippen molar-refractivity contribution in [3.8, 4) is 5.75 Å². The summed E-state index contributed by atoms with van der Waals surface area (Å²) in [6.07, 6.45) is 6.00. The summed E-state index contributed by atoms with van der Waals surface area (Å²) in [6, 6.07) is 5.72. The molecule has 0 atom stereocenters. The highest BCUT2D eigenvalue weighted by Crippen LogP contribution is 2.28. The van der Waals surface area contributed by atoms with Gasteiger partial charge in [0.25, 0.3) is 5.91 Å². The molecule has 0 aliphatic heterocycles. The molecule has 0 saturated heterocycles. The van der Waals surface area contributed by atoms with E-state index in [0.717, 1.165) is 23.8 Å². The van der Waals surface area contributed by atoms with Gasteiger partial charge in [0, 0.05) is 30.0 Å². The van der Waals surface area contributed by atoms with Crippen LogP contribution in [0.3, 0.4) is 0 Å². The first-order valence-electron chi connectivity index (χ1n) is 9.23. The van der Waals surface area contributed by atoms with Gasteiger partial charge in [-0.25, -0.2) is 0 Å². The number of carbonyl (C=O) groups is 2. The Morgan fingerprint density at radius 1 is 1.23 bits per heavy atom. The molecule has 0 unspecified atom stereocenters. The van der Waals surface area contributed by atoms with Crippen LogP contribution in [0.15, 0.2) is 22.6 Å². The molecule has 2 amide bonds. The molecule has 1 aromatic carbocycles. The molecule has 0 radical (unpaired) electrons. The Morgan fingerprint density at radius 2 is 2.00 bits per heavy atom. The van der Waals surface area contributed by atoms with Crippen molar-refractivity contribution in [3.63, 3.8) is 0 Å². The van der Waals surface area contributed by atoms with Crippen molar-refractivity contribution in [1.29, 1.82) is 0 Å². The predicted molar refractivity (Wildman–Crippen MR) is 99.5 cm³/mol. The number of aryl methyl sites for hydroxylation is 1. The summed E-state index contributed by atoms with van der Waals surface area (Å²) in [5.41, 5.74) is 1.41. The fourth-order valence-corrected chi connectivity index (χ4v) is 3.46. The van der Waals surface area contributed by atoms with Crippen molar-refractivity contribution in [2.45, 2.75) is 51.5 Å². The highest BCUT2D eigenvalue weighted by Gasteiger charge is 2.19. The molecular weight excluding hydrogens is 332 g/mol. The first-order chi connectivity index (χ1) is 12.6. The van der Waals surface area contributed by atoms with E-state index in [4.69, 9.17) is 9.15 Å². The maximum absolute atomic E-state index is 12.4. The van der Waals surface area contributed by atoms with Crippen molar-refractivity contribution in [2.24, 2.45) is 0 Å². The summed E-state index contributed by atoms with van der Waals surface area (Å²) in [5.74, 6) is 0.681. The molecule has 3 rings (SSSR count). The monoisotopic (exact) mass is 358 g/mol. The number of benzene rings is 1. The van der Waals surface area contributed by atoms with Crippen LogP contribution in [0.25, 0.3) is 11.0 Å². The van der Waals surface area contributed by atoms with Gasteiger partial charge >= 0.3 is 0 Å². The van der Waals surface area contributed by atoms with Gasteiger partial charge in [0.05, 0.1) is 7.11 Å². The normalized spacial score (nSPS) is 15.0. The zero-order valence-electron chi connectivity index (χ0n) is 15.4. The number of methoxy groups -OCH3 is 1. The molecule has 0 spiro atoms. The van der Waals surface area contributed by atoms with E-state index < -0.39 is 0 Å². The minimum atomic E-state index is -0.303. The third-order valence-electron chi connectivity index (χ3n) is 4.96. The summed E-state index contributed by atoms with van der Waals surface area (Å²) in [4.78, 5) is 24.4. The maximum atomic E-state index is 12.4. The van der Waals surface area contributed by atoms with Crippen molar-refractivity contribution in [2.75, 3.05) is 13.7 Å². The molecule has 1 aliphatic carbocycles. The van der Waals surface area contributed by atoms with Crippen LogP contribution >= 0.6 is 0 Å². The lowest BCUT2D eigenvalue weighted by Gasteiger charge is -2.22. The van der Waals surface area contributed by atoms with E-state index in [9.17, 15) is 9.59 Å². The van der Waals surface area contributed by atoms with Gasteiger partial charge in [0.1, 0.15) is 11.3 Å². The Kier molecular flexibility index (Phi) is 5.81. The Labute approximate surface area is 153 Å². The SMILES string of the molecule is COc1ccc2oc(C(=O)NCCC(=O)NC3CCCCC3)c(C)c2c1. The van der Waals surface area contributed by atoms with Crippen LogP contribution in [-0.2, 0) is 4.79 Å². The molecule has 6 nitrogen and oxygen atoms in total. The molecule has 6 heteroatoms. The van der Waals surface area contributed by atoms with E-state index in [1.165, 1.54) is 19.3 Å². The Morgan fingerprint density at radius 3 is 2.73 bits per heavy atom. The number of ether oxygens (including phenoxy) is 1. The average Bonchev–Trinajstić information content (AvgIpc) is 2.98. The first kappa shape index (κ1) is 18.3. The largest absolute Gasteiger partial charge is 0.497 e. The standard InChI is InChI=1S/C20H26N2O4/c1-13-16-12-15(25-2)8-9-17(16)26-19(13)20(24)21-11-10-18(23)22-14-6-4-3-5-7-14/h8-9,12,14H,3-7,10-11H2,1-2H3,(H,21,24)(H,22,23). The van der Waals surface area contributed by atoms with Crippen LogP contribution in [0.2, 0.25) is 0 Å². The van der Waals surface area contributed by atoms with Gasteiger partial charge in [0.15, 0.2) is 5.76 Å². The second-order valence-electron chi connectivity index (χ2n) is 6.83. The van der Waals surface area contributed by atoms with E-state index in [-0.39, 0.29) is 30.5 Å². The molecular formula is C20H26N2O4. The lowest BCUT2D eigenvalue weighted by Crippen LogP contribution is -2.38. The van der Waals surface area contributed by atoms with Crippen LogP contribution in [0, 0.1) is 6.92 Å². The molecule has 1 heterocycles. The number of hydrogen-bond acceptors (Lipinski definition) is 4. The Balaban J connectivity index is 1.54. The zero-order valence-corrected chi connectivity index (χ0v) is 15.4. The summed E-state index contributed by atoms with van der Waals surface area (Å²) in [5, 5.41) is 6.67. The summed E-state index contributed by atoms with van der Waals surface area (Å²) < 4.78 is 10.9. The molecule has 1 saturated carbocycles. The number of fused-ring (bicyclic) bond motifs is 1. The number of hydrogen-bond donors (Lipinski definition) is 2. The van der Waals surface area contributed by atoms with E-state index in [1.807, 2.05) is 13.0 Å². The molecule has 140 valence electrons. The quantitative estimate of drug-likeness (QED) is 0.830. The van der Waals surface area contributed by atoms with Crippen LogP contribution in [-0.4, -0.2) is 31.5 Å². The van der Waals surface area contributed by atoms with E-state index >= 15 is 0 Å². The smallest absolute Gasteiger partial charge is 0.287 e. The second-order valence-corrected chi connectivity index (χ2v) is 6.83. The molecule has 2 aromatic rings. The van der Waals surface area contributed by atoms with Crippen LogP contribution < -0.4 is 15.4 Å². The van der Waals surface area contributed by atoms with Gasteiger partial charge in [-0.15, -0.1) is 0 Å². The number of furan rings is 1. The first-order valence-corrected chi connectivity index (χ1v) is 9.23. The van der Waals surface area contributed by atoms with Crippen LogP contribution in [0.1, 0.15) is 54.6 Å². The number of carbonyl (C=O) groups excluding carboxylic acids is 2. The van der Waals surface area contributed by atoms with Gasteiger partial charge in [-0.2, -0.15) is 0 Å². The van der Waals surface area contributed by atoms with Crippen molar-refractivity contribution in [3.05, 3.63) is 29.5 Å². The predicted octanol–water partition coefficient (Wildman–Crippen LogP) is 3.32. The third kappa shape index (κ3) is 4.18. The fraction of sp³-hybridized carbons (Fsp3) is 0.500. The number of rotatable bonds is 6. The van der Waals surface area contributed by atoms with Crippen molar-refractivity contribution in [1.82, 2.24) is 10.6 Å². The average molecular weight is 358 g/mol. The molecule has 1 fully saturated rings. The van der Waals surface area contributed by atoms with Crippen molar-refractivity contribution >= 4 is 22.8 Å². The fourth-order valence-electron chi connectivity index (χ4n) is 3.46. The summed E-state index contributed by atoms with van der Waals surface area (Å²) in [6.45, 7) is 2.13. The number of nitrogens with one attached hydrogen (secondary N) is 2. The highest BCUT2D eigenvalue weighted by atomic mass is 16.5. The van der Waals surface area contributed by atoms with Crippen LogP contribution in [0.5, 0.6) is 5.75 Å². The van der Waals surface area contributed by atoms with Gasteiger partial charge < -0.3 is 19.8 Å². The molecule has 0 bridgehead atoms. The number of amides is 2. The highest BCUT2D eigenvalue weighted by molar-refractivity contribution is 5.99. The summed E-state index contributed by atoms with van der Waals surface area (Å²) >= 11 is 0. The topological polar surface area (TPSA) is 80.6 Å². The minimum absolute atomic E-state index is 0.0109. The van der Waals surface area contributed by atoms with Gasteiger partial charge in [0.2, 0.25) is 5.91 Å². The van der Waals surface area contributed by atoms with Crippen LogP contribution in [0.4, 0.5) is 0 Å². The van der Waals surface area contributed by atoms with E-state index in [0.29, 0.717) is 17.4 Å². The maximum Gasteiger partial charge on any atom is 0.287 e. The van der Waals surface area contributed by atoms with Gasteiger partial charge in [-0.3, -0.25) is 9.59 Å². The van der Waals surface area contributed by atoms with E-state index in [1.54, 1.807) is 19.2 Å². The zero-order chi connectivity index (χ0) is 18.5. The molecule has 1 aliphatic rings. The van der Waals surface area contributed by atoms with E-state index in [2.05, 4.69) is 10.6 Å². The third-order valence-corrected chi connectivity index (χ3v) is 4.96. The molecule has 26 heavy (non-hydrogen) atoms. The van der Waals surface area contributed by atoms with Crippen molar-refractivity contribution < 1.29 is 18.7 Å². The summed E-state index contributed by atoms with van der Waals surface area (Å²) in [7, 11) is 1.60. The lowest BCUT2D eigenvalue weighted by molar-refractivity contribution is -0.121. The van der Waals surface area contributed by atoms with Gasteiger partial charge in [-0.05, 0) is 38.0 Å². The Hall–Kier alpha value is -2.50. The lowest BCUT2D eigenvalue weighted by atomic mass is 9.95. The second kappa shape index (κ2) is 8.25. The molecule has 2 N–H and O–H groups in total. The minimum Gasteiger partial charge on any atom is -0.497 e. The van der Waals surface area contributed by atoms with Gasteiger partial charge in [-0.1, -0.05) is 19.3 Å². The molecule has 1 aromatic heterocycles.